The van der Waals surface area contributed by atoms with Crippen molar-refractivity contribution in [3.63, 3.8) is 0 Å². The molecule has 0 spiro atoms. The summed E-state index contributed by atoms with van der Waals surface area (Å²) in [7, 11) is 0. The van der Waals surface area contributed by atoms with Gasteiger partial charge in [-0.05, 0) is 45.2 Å². The zero-order valence-electron chi connectivity index (χ0n) is 12.8. The molecule has 1 amide bonds. The summed E-state index contributed by atoms with van der Waals surface area (Å²) in [5, 5.41) is 0. The van der Waals surface area contributed by atoms with Gasteiger partial charge in [-0.15, -0.1) is 0 Å². The second-order valence-corrected chi connectivity index (χ2v) is 6.50. The Hall–Kier alpha value is -1.55. The van der Waals surface area contributed by atoms with Crippen LogP contribution in [0.3, 0.4) is 0 Å². The first-order valence-corrected chi connectivity index (χ1v) is 7.09. The lowest BCUT2D eigenvalue weighted by Crippen LogP contribution is -2.36. The van der Waals surface area contributed by atoms with E-state index in [0.29, 0.717) is 13.1 Å². The lowest BCUT2D eigenvalue weighted by molar-refractivity contribution is 0.0235. The minimum atomic E-state index is -0.471. The van der Waals surface area contributed by atoms with Crippen LogP contribution in [0.4, 0.5) is 4.79 Å². The first-order chi connectivity index (χ1) is 9.26. The third-order valence-electron chi connectivity index (χ3n) is 3.42. The third-order valence-corrected chi connectivity index (χ3v) is 3.42. The van der Waals surface area contributed by atoms with Gasteiger partial charge in [0.15, 0.2) is 0 Å². The van der Waals surface area contributed by atoms with Gasteiger partial charge in [0.25, 0.3) is 0 Å². The van der Waals surface area contributed by atoms with Crippen LogP contribution in [0.25, 0.3) is 0 Å². The molecule has 20 heavy (non-hydrogen) atoms. The SMILES string of the molecule is Cc1ccc2c(c1)CN(C(=O)OC(C)(C)C)CC[C@H]2N. The predicted octanol–water partition coefficient (Wildman–Crippen LogP) is 3.14. The van der Waals surface area contributed by atoms with Crippen LogP contribution in [-0.2, 0) is 11.3 Å². The highest BCUT2D eigenvalue weighted by Crippen LogP contribution is 2.26. The number of carbonyl (C=O) groups is 1. The summed E-state index contributed by atoms with van der Waals surface area (Å²) in [6, 6.07) is 6.24. The molecule has 0 saturated carbocycles. The number of aryl methyl sites for hydroxylation is 1. The van der Waals surface area contributed by atoms with Crippen LogP contribution in [-0.4, -0.2) is 23.1 Å². The first-order valence-electron chi connectivity index (χ1n) is 7.09. The Morgan fingerprint density at radius 1 is 1.40 bits per heavy atom. The van der Waals surface area contributed by atoms with E-state index in [9.17, 15) is 4.79 Å². The van der Waals surface area contributed by atoms with E-state index in [4.69, 9.17) is 10.5 Å². The molecule has 4 heteroatoms. The van der Waals surface area contributed by atoms with Gasteiger partial charge < -0.3 is 15.4 Å². The smallest absolute Gasteiger partial charge is 0.410 e. The van der Waals surface area contributed by atoms with Crippen LogP contribution in [0.15, 0.2) is 18.2 Å². The van der Waals surface area contributed by atoms with E-state index in [2.05, 4.69) is 25.1 Å². The summed E-state index contributed by atoms with van der Waals surface area (Å²) in [6.45, 7) is 8.89. The molecule has 0 aromatic heterocycles. The summed E-state index contributed by atoms with van der Waals surface area (Å²) in [5.74, 6) is 0. The van der Waals surface area contributed by atoms with Gasteiger partial charge >= 0.3 is 6.09 Å². The Bertz CT molecular complexity index is 506. The van der Waals surface area contributed by atoms with Crippen LogP contribution in [0, 0.1) is 6.92 Å². The van der Waals surface area contributed by atoms with E-state index < -0.39 is 5.60 Å². The molecule has 0 fully saturated rings. The van der Waals surface area contributed by atoms with Crippen molar-refractivity contribution in [2.75, 3.05) is 6.54 Å². The van der Waals surface area contributed by atoms with Gasteiger partial charge in [0.05, 0.1) is 0 Å². The highest BCUT2D eigenvalue weighted by Gasteiger charge is 2.26. The van der Waals surface area contributed by atoms with Crippen LogP contribution in [0.1, 0.15) is 49.9 Å². The second kappa shape index (κ2) is 5.44. The average Bonchev–Trinajstić information content (AvgIpc) is 2.46. The van der Waals surface area contributed by atoms with E-state index in [-0.39, 0.29) is 12.1 Å². The van der Waals surface area contributed by atoms with Gasteiger partial charge in [-0.3, -0.25) is 0 Å². The van der Waals surface area contributed by atoms with Gasteiger partial charge in [0, 0.05) is 19.1 Å². The number of amides is 1. The molecule has 0 aliphatic carbocycles. The van der Waals surface area contributed by atoms with Crippen LogP contribution >= 0.6 is 0 Å². The van der Waals surface area contributed by atoms with Crippen molar-refractivity contribution in [3.05, 3.63) is 34.9 Å². The molecule has 1 aliphatic heterocycles. The van der Waals surface area contributed by atoms with Crippen molar-refractivity contribution in [1.82, 2.24) is 4.90 Å². The lowest BCUT2D eigenvalue weighted by Gasteiger charge is -2.26. The Balaban J connectivity index is 2.22. The number of rotatable bonds is 0. The fourth-order valence-electron chi connectivity index (χ4n) is 2.45. The Labute approximate surface area is 120 Å². The number of hydrogen-bond donors (Lipinski definition) is 1. The number of ether oxygens (including phenoxy) is 1. The fraction of sp³-hybridized carbons (Fsp3) is 0.562. The molecule has 2 rings (SSSR count). The molecule has 1 heterocycles. The van der Waals surface area contributed by atoms with Gasteiger partial charge in [0.1, 0.15) is 5.60 Å². The molecule has 0 radical (unpaired) electrons. The molecule has 1 aliphatic rings. The standard InChI is InChI=1S/C16H24N2O2/c1-11-5-6-13-12(9-11)10-18(8-7-14(13)17)15(19)20-16(2,3)4/h5-6,9,14H,7-8,10,17H2,1-4H3/t14-/m1/s1. The van der Waals surface area contributed by atoms with E-state index in [1.165, 1.54) is 5.56 Å². The van der Waals surface area contributed by atoms with Crippen molar-refractivity contribution in [1.29, 1.82) is 0 Å². The maximum absolute atomic E-state index is 12.2. The van der Waals surface area contributed by atoms with E-state index in [1.54, 1.807) is 4.90 Å². The first kappa shape index (κ1) is 14.9. The van der Waals surface area contributed by atoms with Crippen molar-refractivity contribution in [3.8, 4) is 0 Å². The minimum absolute atomic E-state index is 0.0157. The second-order valence-electron chi connectivity index (χ2n) is 6.50. The van der Waals surface area contributed by atoms with Gasteiger partial charge in [0.2, 0.25) is 0 Å². The molecule has 0 unspecified atom stereocenters. The van der Waals surface area contributed by atoms with Gasteiger partial charge in [-0.2, -0.15) is 0 Å². The summed E-state index contributed by atoms with van der Waals surface area (Å²) in [4.78, 5) is 14.0. The van der Waals surface area contributed by atoms with Crippen molar-refractivity contribution in [2.24, 2.45) is 5.73 Å². The van der Waals surface area contributed by atoms with E-state index >= 15 is 0 Å². The number of nitrogens with two attached hydrogens (primary N) is 1. The Morgan fingerprint density at radius 2 is 2.10 bits per heavy atom. The minimum Gasteiger partial charge on any atom is -0.444 e. The molecule has 0 bridgehead atoms. The normalized spacial score (nSPS) is 19.2. The van der Waals surface area contributed by atoms with Gasteiger partial charge in [-0.1, -0.05) is 23.8 Å². The molecular formula is C16H24N2O2. The van der Waals surface area contributed by atoms with Crippen molar-refractivity contribution < 1.29 is 9.53 Å². The molecule has 0 saturated heterocycles. The summed E-state index contributed by atoms with van der Waals surface area (Å²) < 4.78 is 5.46. The van der Waals surface area contributed by atoms with Crippen molar-refractivity contribution in [2.45, 2.75) is 52.3 Å². The van der Waals surface area contributed by atoms with Gasteiger partial charge in [-0.25, -0.2) is 4.79 Å². The monoisotopic (exact) mass is 276 g/mol. The summed E-state index contributed by atoms with van der Waals surface area (Å²) >= 11 is 0. The third kappa shape index (κ3) is 3.51. The molecule has 110 valence electrons. The van der Waals surface area contributed by atoms with E-state index in [0.717, 1.165) is 17.5 Å². The number of nitrogens with zero attached hydrogens (tertiary/aromatic N) is 1. The summed E-state index contributed by atoms with van der Waals surface area (Å²) in [5.41, 5.74) is 9.18. The highest BCUT2D eigenvalue weighted by atomic mass is 16.6. The molecule has 1 aromatic rings. The lowest BCUT2D eigenvalue weighted by atomic mass is 9.98. The van der Waals surface area contributed by atoms with E-state index in [1.807, 2.05) is 20.8 Å². The predicted molar refractivity (Wildman–Crippen MR) is 79.4 cm³/mol. The fourth-order valence-corrected chi connectivity index (χ4v) is 2.45. The Morgan fingerprint density at radius 3 is 2.75 bits per heavy atom. The maximum atomic E-state index is 12.2. The summed E-state index contributed by atoms with van der Waals surface area (Å²) in [6.07, 6.45) is 0.494. The highest BCUT2D eigenvalue weighted by molar-refractivity contribution is 5.68. The largest absolute Gasteiger partial charge is 0.444 e. The molecule has 2 N–H and O–H groups in total. The average molecular weight is 276 g/mol. The number of benzene rings is 1. The van der Waals surface area contributed by atoms with Crippen molar-refractivity contribution >= 4 is 6.09 Å². The molecule has 1 aromatic carbocycles. The zero-order valence-corrected chi connectivity index (χ0v) is 12.8. The van der Waals surface area contributed by atoms with Crippen LogP contribution in [0.2, 0.25) is 0 Å². The van der Waals surface area contributed by atoms with Crippen LogP contribution < -0.4 is 5.73 Å². The Kier molecular flexibility index (Phi) is 4.04. The maximum Gasteiger partial charge on any atom is 0.410 e. The topological polar surface area (TPSA) is 55.6 Å². The molecule has 1 atom stereocenters. The molecular weight excluding hydrogens is 252 g/mol. The van der Waals surface area contributed by atoms with Crippen LogP contribution in [0.5, 0.6) is 0 Å². The molecule has 4 nitrogen and oxygen atoms in total. The number of fused-ring (bicyclic) bond motifs is 1. The number of carbonyl (C=O) groups excluding carboxylic acids is 1. The number of hydrogen-bond acceptors (Lipinski definition) is 3. The zero-order chi connectivity index (χ0) is 14.9. The quantitative estimate of drug-likeness (QED) is 0.792.